The predicted octanol–water partition coefficient (Wildman–Crippen LogP) is 2.40. The van der Waals surface area contributed by atoms with Crippen molar-refractivity contribution < 1.29 is 4.79 Å². The largest absolute Gasteiger partial charge is 0.361 e. The fraction of sp³-hybridized carbons (Fsp3) is 0. The van der Waals surface area contributed by atoms with Crippen molar-refractivity contribution in [3.8, 4) is 11.3 Å². The van der Waals surface area contributed by atoms with E-state index in [-0.39, 0.29) is 0 Å². The number of nitrogens with one attached hydrogen (secondary N) is 1. The second-order valence-electron chi connectivity index (χ2n) is 3.69. The second-order valence-corrected chi connectivity index (χ2v) is 3.69. The van der Waals surface area contributed by atoms with Gasteiger partial charge in [-0.05, 0) is 23.6 Å². The van der Waals surface area contributed by atoms with Gasteiger partial charge in [0.15, 0.2) is 0 Å². The number of aromatic amines is 1. The summed E-state index contributed by atoms with van der Waals surface area (Å²) in [4.78, 5) is 6.60. The molecule has 0 aromatic heterocycles. The van der Waals surface area contributed by atoms with Gasteiger partial charge in [-0.25, -0.2) is 0 Å². The Balaban J connectivity index is 2.57. The summed E-state index contributed by atoms with van der Waals surface area (Å²) in [5, 5.41) is 1.69. The molecule has 0 unspecified atom stereocenters. The van der Waals surface area contributed by atoms with Crippen molar-refractivity contribution in [1.29, 1.82) is 0 Å². The quantitative estimate of drug-likeness (QED) is 0.334. The van der Waals surface area contributed by atoms with E-state index in [1.807, 2.05) is 42.5 Å². The highest BCUT2D eigenvalue weighted by molar-refractivity contribution is 5.85. The first-order valence-electron chi connectivity index (χ1n) is 5.07. The molecule has 1 heterocycles. The summed E-state index contributed by atoms with van der Waals surface area (Å²) in [5.74, 6) is 0. The Morgan fingerprint density at radius 3 is 2.75 bits per heavy atom. The first-order valence-corrected chi connectivity index (χ1v) is 5.07. The van der Waals surface area contributed by atoms with Gasteiger partial charge in [-0.15, -0.1) is 0 Å². The van der Waals surface area contributed by atoms with Gasteiger partial charge in [0.1, 0.15) is 0 Å². The standard InChI is InChI=1S/C13H9N3/c14-16-13-7-3-6-12-10(13)8-9-4-1-2-5-11(9)15-12/h1-8,15H. The Morgan fingerprint density at radius 2 is 1.88 bits per heavy atom. The summed E-state index contributed by atoms with van der Waals surface area (Å²) in [7, 11) is 0. The van der Waals surface area contributed by atoms with Gasteiger partial charge in [0.05, 0.1) is 11.3 Å². The molecule has 1 N–H and O–H groups in total. The topological polar surface area (TPSA) is 52.2 Å². The van der Waals surface area contributed by atoms with Gasteiger partial charge in [-0.3, -0.25) is 0 Å². The van der Waals surface area contributed by atoms with E-state index in [0.717, 1.165) is 22.2 Å². The molecule has 2 aliphatic rings. The van der Waals surface area contributed by atoms with Crippen LogP contribution in [0.4, 0.5) is 0 Å². The van der Waals surface area contributed by atoms with Crippen molar-refractivity contribution in [2.75, 3.05) is 0 Å². The number of fused-ring (bicyclic) bond motifs is 2. The zero-order valence-corrected chi connectivity index (χ0v) is 8.51. The molecular formula is C13H9N3. The van der Waals surface area contributed by atoms with Crippen LogP contribution in [0.5, 0.6) is 0 Å². The minimum absolute atomic E-state index is 0.583. The van der Waals surface area contributed by atoms with E-state index >= 15 is 0 Å². The Bertz CT molecular complexity index is 721. The molecule has 0 saturated heterocycles. The molecule has 3 rings (SSSR count). The maximum Gasteiger partial charge on any atom is 0.324 e. The molecule has 0 fully saturated rings. The highest BCUT2D eigenvalue weighted by atomic mass is 14.8. The minimum Gasteiger partial charge on any atom is -0.361 e. The Morgan fingerprint density at radius 1 is 1.00 bits per heavy atom. The van der Waals surface area contributed by atoms with Crippen molar-refractivity contribution in [1.82, 2.24) is 4.98 Å². The van der Waals surface area contributed by atoms with Gasteiger partial charge in [-0.2, -0.15) is 4.79 Å². The van der Waals surface area contributed by atoms with Crippen molar-refractivity contribution in [2.45, 2.75) is 0 Å². The van der Waals surface area contributed by atoms with Crippen LogP contribution < -0.4 is 5.36 Å². The number of H-pyrrole nitrogens is 1. The van der Waals surface area contributed by atoms with Gasteiger partial charge in [0, 0.05) is 11.6 Å². The van der Waals surface area contributed by atoms with Crippen molar-refractivity contribution in [3.63, 3.8) is 0 Å². The Kier molecular flexibility index (Phi) is 1.85. The summed E-state index contributed by atoms with van der Waals surface area (Å²) in [6.07, 6.45) is 0. The molecule has 0 radical (unpaired) electrons. The molecule has 1 aromatic carbocycles. The number of hydrogen-bond donors (Lipinski definition) is 1. The van der Waals surface area contributed by atoms with Crippen LogP contribution in [0.15, 0.2) is 48.5 Å². The highest BCUT2D eigenvalue weighted by Gasteiger charge is 2.09. The van der Waals surface area contributed by atoms with Crippen LogP contribution in [0.1, 0.15) is 0 Å². The maximum absolute atomic E-state index is 8.92. The first kappa shape index (κ1) is 8.89. The van der Waals surface area contributed by atoms with Gasteiger partial charge in [-0.1, -0.05) is 24.3 Å². The predicted molar refractivity (Wildman–Crippen MR) is 61.7 cm³/mol. The summed E-state index contributed by atoms with van der Waals surface area (Å²) in [5.41, 5.74) is 11.9. The third-order valence-corrected chi connectivity index (χ3v) is 2.72. The van der Waals surface area contributed by atoms with Crippen LogP contribution in [-0.4, -0.2) is 9.77 Å². The number of nitrogens with zero attached hydrogens (tertiary/aromatic N) is 2. The van der Waals surface area contributed by atoms with Crippen LogP contribution >= 0.6 is 0 Å². The SMILES string of the molecule is [N-]=[N+]=c1cccc2[nH]c3ccccc3cc1-2. The van der Waals surface area contributed by atoms with Gasteiger partial charge in [0.25, 0.3) is 0 Å². The molecule has 1 aromatic rings. The van der Waals surface area contributed by atoms with Crippen molar-refractivity contribution >= 4 is 10.9 Å². The normalized spacial score (nSPS) is 10.5. The second kappa shape index (κ2) is 3.33. The molecule has 0 amide bonds. The van der Waals surface area contributed by atoms with E-state index in [1.165, 1.54) is 0 Å². The maximum atomic E-state index is 8.92. The van der Waals surface area contributed by atoms with Crippen LogP contribution in [0, 0.1) is 0 Å². The number of aromatic nitrogens is 1. The van der Waals surface area contributed by atoms with Gasteiger partial charge in [0.2, 0.25) is 0 Å². The molecular weight excluding hydrogens is 198 g/mol. The average molecular weight is 207 g/mol. The molecule has 3 nitrogen and oxygen atoms in total. The first-order chi connectivity index (χ1) is 7.88. The average Bonchev–Trinajstić information content (AvgIpc) is 2.35. The number of rotatable bonds is 0. The van der Waals surface area contributed by atoms with E-state index in [1.54, 1.807) is 6.07 Å². The van der Waals surface area contributed by atoms with Crippen LogP contribution in [0.25, 0.3) is 27.7 Å². The summed E-state index contributed by atoms with van der Waals surface area (Å²) in [6, 6.07) is 15.7. The summed E-state index contributed by atoms with van der Waals surface area (Å²) in [6.45, 7) is 0. The Hall–Kier alpha value is -2.38. The lowest BCUT2D eigenvalue weighted by Gasteiger charge is -2.05. The van der Waals surface area contributed by atoms with Gasteiger partial charge >= 0.3 is 5.36 Å². The molecule has 1 aliphatic carbocycles. The van der Waals surface area contributed by atoms with E-state index in [4.69, 9.17) is 5.53 Å². The minimum atomic E-state index is 0.583. The van der Waals surface area contributed by atoms with Crippen LogP contribution in [0.2, 0.25) is 0 Å². The Labute approximate surface area is 92.0 Å². The zero-order valence-electron chi connectivity index (χ0n) is 8.51. The highest BCUT2D eigenvalue weighted by Crippen LogP contribution is 2.20. The number of hydrogen-bond acceptors (Lipinski definition) is 0. The fourth-order valence-electron chi connectivity index (χ4n) is 1.94. The molecule has 0 saturated carbocycles. The third-order valence-electron chi connectivity index (χ3n) is 2.72. The lowest BCUT2D eigenvalue weighted by Crippen LogP contribution is -2.08. The molecule has 0 bridgehead atoms. The third kappa shape index (κ3) is 1.23. The van der Waals surface area contributed by atoms with E-state index in [9.17, 15) is 0 Å². The van der Waals surface area contributed by atoms with Crippen molar-refractivity contribution in [3.05, 3.63) is 59.4 Å². The molecule has 0 spiro atoms. The van der Waals surface area contributed by atoms with E-state index in [2.05, 4.69) is 9.77 Å². The van der Waals surface area contributed by atoms with E-state index in [0.29, 0.717) is 5.36 Å². The summed E-state index contributed by atoms with van der Waals surface area (Å²) >= 11 is 0. The smallest absolute Gasteiger partial charge is 0.324 e. The molecule has 76 valence electrons. The lowest BCUT2D eigenvalue weighted by atomic mass is 10.1. The lowest BCUT2D eigenvalue weighted by molar-refractivity contribution is -0.0641. The number of benzene rings is 2. The molecule has 0 atom stereocenters. The fourth-order valence-corrected chi connectivity index (χ4v) is 1.94. The molecule has 16 heavy (non-hydrogen) atoms. The van der Waals surface area contributed by atoms with Crippen LogP contribution in [-0.2, 0) is 0 Å². The van der Waals surface area contributed by atoms with Crippen LogP contribution in [0.3, 0.4) is 0 Å². The number of para-hydroxylation sites is 1. The zero-order chi connectivity index (χ0) is 11.0. The molecule has 3 heteroatoms. The molecule has 1 aliphatic heterocycles. The number of pyridine rings is 1. The van der Waals surface area contributed by atoms with Crippen molar-refractivity contribution in [2.24, 2.45) is 0 Å². The van der Waals surface area contributed by atoms with E-state index < -0.39 is 0 Å². The summed E-state index contributed by atoms with van der Waals surface area (Å²) < 4.78 is 0. The monoisotopic (exact) mass is 207 g/mol. The van der Waals surface area contributed by atoms with Gasteiger partial charge < -0.3 is 10.5 Å².